The molecule has 1 aromatic heterocycles. The highest BCUT2D eigenvalue weighted by atomic mass is 35.5. The van der Waals surface area contributed by atoms with Crippen molar-refractivity contribution in [2.24, 2.45) is 0 Å². The van der Waals surface area contributed by atoms with Crippen molar-refractivity contribution in [3.8, 4) is 11.3 Å². The number of furan rings is 1. The zero-order valence-electron chi connectivity index (χ0n) is 13.8. The van der Waals surface area contributed by atoms with E-state index < -0.39 is 5.97 Å². The van der Waals surface area contributed by atoms with E-state index in [-0.39, 0.29) is 28.9 Å². The molecule has 7 nitrogen and oxygen atoms in total. The maximum absolute atomic E-state index is 12.3. The van der Waals surface area contributed by atoms with Crippen LogP contribution >= 0.6 is 11.6 Å². The predicted octanol–water partition coefficient (Wildman–Crippen LogP) is 2.43. The summed E-state index contributed by atoms with van der Waals surface area (Å²) in [5.74, 6) is -0.395. The van der Waals surface area contributed by atoms with Gasteiger partial charge < -0.3 is 18.8 Å². The van der Waals surface area contributed by atoms with Gasteiger partial charge in [-0.2, -0.15) is 0 Å². The summed E-state index contributed by atoms with van der Waals surface area (Å²) in [6.07, 6.45) is 0.589. The van der Waals surface area contributed by atoms with Crippen LogP contribution < -0.4 is 0 Å². The molecule has 26 heavy (non-hydrogen) atoms. The number of carbonyl (C=O) groups excluding carboxylic acids is 3. The van der Waals surface area contributed by atoms with Crippen LogP contribution in [0.2, 0.25) is 5.02 Å². The first-order chi connectivity index (χ1) is 12.6. The van der Waals surface area contributed by atoms with E-state index in [9.17, 15) is 14.4 Å². The Hall–Kier alpha value is -2.64. The second-order valence-corrected chi connectivity index (χ2v) is 5.99. The average Bonchev–Trinajstić information content (AvgIpc) is 3.16. The lowest BCUT2D eigenvalue weighted by atomic mass is 10.1. The Morgan fingerprint density at radius 3 is 2.65 bits per heavy atom. The summed E-state index contributed by atoms with van der Waals surface area (Å²) in [7, 11) is 0. The van der Waals surface area contributed by atoms with Crippen molar-refractivity contribution in [2.75, 3.05) is 32.9 Å². The molecule has 0 radical (unpaired) electrons. The molecule has 1 saturated heterocycles. The van der Waals surface area contributed by atoms with Crippen molar-refractivity contribution >= 4 is 29.8 Å². The molecule has 0 unspecified atom stereocenters. The fourth-order valence-electron chi connectivity index (χ4n) is 2.52. The van der Waals surface area contributed by atoms with Crippen LogP contribution in [0, 0.1) is 0 Å². The number of hydrogen-bond donors (Lipinski definition) is 0. The number of benzene rings is 1. The number of nitrogens with zero attached hydrogens (tertiary/aromatic N) is 1. The van der Waals surface area contributed by atoms with E-state index in [4.69, 9.17) is 25.5 Å². The normalized spacial score (nSPS) is 14.1. The van der Waals surface area contributed by atoms with Crippen LogP contribution in [0.15, 0.2) is 34.7 Å². The fourth-order valence-corrected chi connectivity index (χ4v) is 2.71. The van der Waals surface area contributed by atoms with Crippen molar-refractivity contribution in [2.45, 2.75) is 0 Å². The second kappa shape index (κ2) is 8.16. The molecule has 8 heteroatoms. The molecule has 1 aromatic carbocycles. The van der Waals surface area contributed by atoms with E-state index in [2.05, 4.69) is 0 Å². The van der Waals surface area contributed by atoms with E-state index in [0.717, 1.165) is 0 Å². The molecule has 1 fully saturated rings. The van der Waals surface area contributed by atoms with Gasteiger partial charge >= 0.3 is 5.97 Å². The SMILES string of the molecule is O=Cc1ccc(-c2ccc(Cl)c(C(=O)OCC(=O)N3CCOCC3)c2)o1. The van der Waals surface area contributed by atoms with Gasteiger partial charge in [-0.3, -0.25) is 9.59 Å². The van der Waals surface area contributed by atoms with Gasteiger partial charge in [-0.25, -0.2) is 4.79 Å². The van der Waals surface area contributed by atoms with Gasteiger partial charge in [0.15, 0.2) is 18.7 Å². The second-order valence-electron chi connectivity index (χ2n) is 5.58. The first kappa shape index (κ1) is 18.2. The van der Waals surface area contributed by atoms with Crippen LogP contribution in [0.25, 0.3) is 11.3 Å². The summed E-state index contributed by atoms with van der Waals surface area (Å²) in [6.45, 7) is 1.53. The topological polar surface area (TPSA) is 86.1 Å². The summed E-state index contributed by atoms with van der Waals surface area (Å²) in [6, 6.07) is 7.82. The van der Waals surface area contributed by atoms with Gasteiger partial charge in [0.1, 0.15) is 5.76 Å². The number of morpholine rings is 1. The number of rotatable bonds is 5. The number of carbonyl (C=O) groups is 3. The van der Waals surface area contributed by atoms with E-state index in [1.54, 1.807) is 17.0 Å². The van der Waals surface area contributed by atoms with Gasteiger partial charge in [-0.05, 0) is 30.3 Å². The minimum absolute atomic E-state index is 0.114. The van der Waals surface area contributed by atoms with Gasteiger partial charge in [0.05, 0.1) is 23.8 Å². The van der Waals surface area contributed by atoms with Crippen molar-refractivity contribution in [1.82, 2.24) is 4.90 Å². The van der Waals surface area contributed by atoms with Gasteiger partial charge in [-0.15, -0.1) is 0 Å². The van der Waals surface area contributed by atoms with Crippen LogP contribution in [0.4, 0.5) is 0 Å². The van der Waals surface area contributed by atoms with Crippen LogP contribution in [0.3, 0.4) is 0 Å². The molecule has 136 valence electrons. The molecular formula is C18H16ClNO6. The van der Waals surface area contributed by atoms with E-state index in [1.807, 2.05) is 0 Å². The highest BCUT2D eigenvalue weighted by molar-refractivity contribution is 6.33. The molecule has 2 aromatic rings. The first-order valence-corrected chi connectivity index (χ1v) is 8.34. The third-order valence-corrected chi connectivity index (χ3v) is 4.23. The fraction of sp³-hybridized carbons (Fsp3) is 0.278. The molecular weight excluding hydrogens is 362 g/mol. The highest BCUT2D eigenvalue weighted by Crippen LogP contribution is 2.27. The first-order valence-electron chi connectivity index (χ1n) is 7.96. The molecule has 0 bridgehead atoms. The summed E-state index contributed by atoms with van der Waals surface area (Å²) < 4.78 is 15.6. The number of hydrogen-bond acceptors (Lipinski definition) is 6. The minimum Gasteiger partial charge on any atom is -0.453 e. The number of esters is 1. The third kappa shape index (κ3) is 4.12. The Morgan fingerprint density at radius 2 is 1.96 bits per heavy atom. The molecule has 3 rings (SSSR count). The van der Waals surface area contributed by atoms with E-state index >= 15 is 0 Å². The Kier molecular flexibility index (Phi) is 5.70. The van der Waals surface area contributed by atoms with Gasteiger partial charge in [-0.1, -0.05) is 11.6 Å². The highest BCUT2D eigenvalue weighted by Gasteiger charge is 2.20. The molecule has 0 saturated carbocycles. The van der Waals surface area contributed by atoms with Crippen LogP contribution in [0.1, 0.15) is 20.9 Å². The summed E-state index contributed by atoms with van der Waals surface area (Å²) in [4.78, 5) is 36.7. The Balaban J connectivity index is 1.69. The Bertz CT molecular complexity index is 825. The van der Waals surface area contributed by atoms with E-state index in [1.165, 1.54) is 18.2 Å². The molecule has 1 amide bonds. The summed E-state index contributed by atoms with van der Waals surface area (Å²) in [5, 5.41) is 0.194. The molecule has 0 aliphatic carbocycles. The number of ether oxygens (including phenoxy) is 2. The van der Waals surface area contributed by atoms with Crippen molar-refractivity contribution in [1.29, 1.82) is 0 Å². The minimum atomic E-state index is -0.708. The molecule has 2 heterocycles. The third-order valence-electron chi connectivity index (χ3n) is 3.90. The number of halogens is 1. The molecule has 0 spiro atoms. The van der Waals surface area contributed by atoms with Crippen molar-refractivity contribution in [3.05, 3.63) is 46.7 Å². The average molecular weight is 378 g/mol. The Morgan fingerprint density at radius 1 is 1.19 bits per heavy atom. The standard InChI is InChI=1S/C18H16ClNO6/c19-15-3-1-12(16-4-2-13(10-21)26-16)9-14(15)18(23)25-11-17(22)20-5-7-24-8-6-20/h1-4,9-10H,5-8,11H2. The van der Waals surface area contributed by atoms with Gasteiger partial charge in [0, 0.05) is 18.7 Å². The lowest BCUT2D eigenvalue weighted by molar-refractivity contribution is -0.138. The maximum atomic E-state index is 12.3. The molecule has 0 N–H and O–H groups in total. The van der Waals surface area contributed by atoms with Crippen molar-refractivity contribution in [3.63, 3.8) is 0 Å². The quantitative estimate of drug-likeness (QED) is 0.587. The largest absolute Gasteiger partial charge is 0.453 e. The maximum Gasteiger partial charge on any atom is 0.340 e. The van der Waals surface area contributed by atoms with E-state index in [0.29, 0.717) is 43.9 Å². The van der Waals surface area contributed by atoms with Gasteiger partial charge in [0.25, 0.3) is 5.91 Å². The number of amides is 1. The smallest absolute Gasteiger partial charge is 0.340 e. The predicted molar refractivity (Wildman–Crippen MR) is 92.2 cm³/mol. The molecule has 1 aliphatic heterocycles. The van der Waals surface area contributed by atoms with Crippen molar-refractivity contribution < 1.29 is 28.3 Å². The summed E-state index contributed by atoms with van der Waals surface area (Å²) >= 11 is 6.08. The molecule has 1 aliphatic rings. The number of aldehydes is 1. The monoisotopic (exact) mass is 377 g/mol. The van der Waals surface area contributed by atoms with Crippen LogP contribution in [-0.2, 0) is 14.3 Å². The molecule has 0 atom stereocenters. The zero-order chi connectivity index (χ0) is 18.5. The lowest BCUT2D eigenvalue weighted by Gasteiger charge is -2.26. The van der Waals surface area contributed by atoms with Crippen LogP contribution in [0.5, 0.6) is 0 Å². The summed E-state index contributed by atoms with van der Waals surface area (Å²) in [5.41, 5.74) is 0.678. The Labute approximate surface area is 154 Å². The van der Waals surface area contributed by atoms with Gasteiger partial charge in [0.2, 0.25) is 0 Å². The van der Waals surface area contributed by atoms with Crippen LogP contribution in [-0.4, -0.2) is 56.0 Å². The zero-order valence-corrected chi connectivity index (χ0v) is 14.5. The lowest BCUT2D eigenvalue weighted by Crippen LogP contribution is -2.42.